The lowest BCUT2D eigenvalue weighted by Crippen LogP contribution is -2.30. The molecule has 0 spiro atoms. The van der Waals surface area contributed by atoms with Crippen LogP contribution >= 0.6 is 0 Å². The molecule has 1 atom stereocenters. The second-order valence-corrected chi connectivity index (χ2v) is 14.3. The minimum atomic E-state index is -0.525. The lowest BCUT2D eigenvalue weighted by atomic mass is 10.0. The molecule has 0 radical (unpaired) electrons. The number of carbonyl (C=O) groups is 2. The summed E-state index contributed by atoms with van der Waals surface area (Å²) in [5.41, 5.74) is 0. The average Bonchev–Trinajstić information content (AvgIpc) is 3.08. The van der Waals surface area contributed by atoms with Crippen molar-refractivity contribution in [3.8, 4) is 0 Å². The molecule has 0 aliphatic heterocycles. The van der Waals surface area contributed by atoms with Crippen molar-refractivity contribution in [1.29, 1.82) is 0 Å². The molecule has 0 aliphatic carbocycles. The molecule has 0 saturated carbocycles. The summed E-state index contributed by atoms with van der Waals surface area (Å²) in [6.07, 6.45) is 42.3. The number of allylic oxidation sites excluding steroid dienone is 2. The summed E-state index contributed by atoms with van der Waals surface area (Å²) < 4.78 is 17.2. The van der Waals surface area contributed by atoms with Crippen LogP contribution in [0.15, 0.2) is 12.2 Å². The molecule has 0 bridgehead atoms. The lowest BCUT2D eigenvalue weighted by molar-refractivity contribution is -0.163. The zero-order valence-corrected chi connectivity index (χ0v) is 32.5. The molecule has 5 nitrogen and oxygen atoms in total. The number of esters is 2. The molecule has 0 N–H and O–H groups in total. The standard InChI is InChI=1S/C43H82O5/c1-4-7-10-13-15-17-19-21-23-25-27-29-32-35-38-46-39-41(48-43(45)37-34-30-12-9-6-3)40-47-42(44)36-33-31-28-26-24-22-20-18-16-14-11-8-5-2/h17,19,41H,4-16,18,20-40H2,1-3H3/b19-17-. The molecule has 0 amide bonds. The van der Waals surface area contributed by atoms with E-state index in [1.54, 1.807) is 0 Å². The van der Waals surface area contributed by atoms with Crippen molar-refractivity contribution in [1.82, 2.24) is 0 Å². The zero-order chi connectivity index (χ0) is 35.0. The molecule has 0 heterocycles. The van der Waals surface area contributed by atoms with Crippen LogP contribution in [0.4, 0.5) is 0 Å². The minimum Gasteiger partial charge on any atom is -0.462 e. The van der Waals surface area contributed by atoms with Crippen molar-refractivity contribution >= 4 is 11.9 Å². The van der Waals surface area contributed by atoms with Crippen LogP contribution in [0.1, 0.15) is 226 Å². The fraction of sp³-hybridized carbons (Fsp3) is 0.907. The Labute approximate surface area is 299 Å². The van der Waals surface area contributed by atoms with Gasteiger partial charge in [-0.3, -0.25) is 9.59 Å². The Balaban J connectivity index is 4.06. The van der Waals surface area contributed by atoms with Crippen molar-refractivity contribution in [2.24, 2.45) is 0 Å². The third-order valence-electron chi connectivity index (χ3n) is 9.30. The van der Waals surface area contributed by atoms with Gasteiger partial charge >= 0.3 is 11.9 Å². The van der Waals surface area contributed by atoms with Crippen LogP contribution in [0.25, 0.3) is 0 Å². The van der Waals surface area contributed by atoms with Crippen LogP contribution in [0.5, 0.6) is 0 Å². The molecule has 284 valence electrons. The van der Waals surface area contributed by atoms with Crippen molar-refractivity contribution in [3.63, 3.8) is 0 Å². The van der Waals surface area contributed by atoms with Gasteiger partial charge in [-0.05, 0) is 44.9 Å². The summed E-state index contributed by atoms with van der Waals surface area (Å²) in [7, 11) is 0. The van der Waals surface area contributed by atoms with Gasteiger partial charge in [0.15, 0.2) is 6.10 Å². The van der Waals surface area contributed by atoms with Gasteiger partial charge < -0.3 is 14.2 Å². The topological polar surface area (TPSA) is 61.8 Å². The van der Waals surface area contributed by atoms with E-state index in [0.717, 1.165) is 44.9 Å². The van der Waals surface area contributed by atoms with Gasteiger partial charge in [0.05, 0.1) is 6.61 Å². The van der Waals surface area contributed by atoms with Gasteiger partial charge in [0, 0.05) is 19.4 Å². The van der Waals surface area contributed by atoms with Crippen LogP contribution in [0.2, 0.25) is 0 Å². The van der Waals surface area contributed by atoms with Crippen LogP contribution in [-0.2, 0) is 23.8 Å². The molecular formula is C43H82O5. The van der Waals surface area contributed by atoms with Crippen molar-refractivity contribution < 1.29 is 23.8 Å². The van der Waals surface area contributed by atoms with Gasteiger partial charge in [0.1, 0.15) is 6.61 Å². The van der Waals surface area contributed by atoms with Gasteiger partial charge in [0.25, 0.3) is 0 Å². The highest BCUT2D eigenvalue weighted by atomic mass is 16.6. The first-order valence-electron chi connectivity index (χ1n) is 21.2. The molecule has 0 aromatic carbocycles. The second-order valence-electron chi connectivity index (χ2n) is 14.3. The van der Waals surface area contributed by atoms with E-state index >= 15 is 0 Å². The number of ether oxygens (including phenoxy) is 3. The Morgan fingerprint density at radius 1 is 0.438 bits per heavy atom. The number of hydrogen-bond acceptors (Lipinski definition) is 5. The summed E-state index contributed by atoms with van der Waals surface area (Å²) >= 11 is 0. The van der Waals surface area contributed by atoms with Crippen LogP contribution in [0.3, 0.4) is 0 Å². The average molecular weight is 679 g/mol. The van der Waals surface area contributed by atoms with Crippen molar-refractivity contribution in [2.45, 2.75) is 232 Å². The van der Waals surface area contributed by atoms with E-state index in [1.165, 1.54) is 148 Å². The smallest absolute Gasteiger partial charge is 0.306 e. The fourth-order valence-corrected chi connectivity index (χ4v) is 6.09. The highest BCUT2D eigenvalue weighted by Gasteiger charge is 2.17. The Kier molecular flexibility index (Phi) is 38.9. The fourth-order valence-electron chi connectivity index (χ4n) is 6.09. The van der Waals surface area contributed by atoms with Crippen LogP contribution in [0, 0.1) is 0 Å². The number of carbonyl (C=O) groups excluding carboxylic acids is 2. The number of unbranched alkanes of at least 4 members (excludes halogenated alkanes) is 26. The Hall–Kier alpha value is -1.36. The molecule has 0 saturated heterocycles. The molecule has 5 heteroatoms. The highest BCUT2D eigenvalue weighted by Crippen LogP contribution is 2.14. The maximum atomic E-state index is 12.5. The van der Waals surface area contributed by atoms with E-state index < -0.39 is 6.10 Å². The predicted molar refractivity (Wildman–Crippen MR) is 206 cm³/mol. The van der Waals surface area contributed by atoms with E-state index in [0.29, 0.717) is 26.1 Å². The first kappa shape index (κ1) is 46.6. The third-order valence-corrected chi connectivity index (χ3v) is 9.30. The molecule has 1 unspecified atom stereocenters. The maximum Gasteiger partial charge on any atom is 0.306 e. The number of hydrogen-bond donors (Lipinski definition) is 0. The molecule has 0 aromatic rings. The van der Waals surface area contributed by atoms with Gasteiger partial charge in [0.2, 0.25) is 0 Å². The van der Waals surface area contributed by atoms with Crippen LogP contribution < -0.4 is 0 Å². The predicted octanol–water partition coefficient (Wildman–Crippen LogP) is 13.6. The van der Waals surface area contributed by atoms with E-state index in [9.17, 15) is 9.59 Å². The first-order valence-corrected chi connectivity index (χ1v) is 21.2. The van der Waals surface area contributed by atoms with Gasteiger partial charge in [-0.25, -0.2) is 0 Å². The summed E-state index contributed by atoms with van der Waals surface area (Å²) in [6, 6.07) is 0. The molecular weight excluding hydrogens is 596 g/mol. The summed E-state index contributed by atoms with van der Waals surface area (Å²) in [5.74, 6) is -0.403. The molecule has 0 aromatic heterocycles. The third kappa shape index (κ3) is 37.5. The largest absolute Gasteiger partial charge is 0.462 e. The quantitative estimate of drug-likeness (QED) is 0.0368. The number of rotatable bonds is 39. The molecule has 0 fully saturated rings. The normalized spacial score (nSPS) is 12.1. The summed E-state index contributed by atoms with van der Waals surface area (Å²) in [5, 5.41) is 0. The second kappa shape index (κ2) is 40.1. The van der Waals surface area contributed by atoms with E-state index in [1.807, 2.05) is 0 Å². The molecule has 0 rings (SSSR count). The summed E-state index contributed by atoms with van der Waals surface area (Å²) in [6.45, 7) is 7.75. The Bertz CT molecular complexity index is 691. The lowest BCUT2D eigenvalue weighted by Gasteiger charge is -2.18. The zero-order valence-electron chi connectivity index (χ0n) is 32.5. The van der Waals surface area contributed by atoms with E-state index in [-0.39, 0.29) is 18.5 Å². The van der Waals surface area contributed by atoms with E-state index in [2.05, 4.69) is 32.9 Å². The van der Waals surface area contributed by atoms with Crippen molar-refractivity contribution in [2.75, 3.05) is 19.8 Å². The summed E-state index contributed by atoms with van der Waals surface area (Å²) in [4.78, 5) is 24.9. The van der Waals surface area contributed by atoms with Crippen LogP contribution in [-0.4, -0.2) is 37.9 Å². The first-order chi connectivity index (χ1) is 23.6. The van der Waals surface area contributed by atoms with E-state index in [4.69, 9.17) is 14.2 Å². The molecule has 0 aliphatic rings. The monoisotopic (exact) mass is 679 g/mol. The SMILES string of the molecule is CCCCCC/C=C\CCCCCCCCOCC(COC(=O)CCCCCCCCCCCCCCC)OC(=O)CCCCCCC. The highest BCUT2D eigenvalue weighted by molar-refractivity contribution is 5.70. The van der Waals surface area contributed by atoms with Crippen molar-refractivity contribution in [3.05, 3.63) is 12.2 Å². The van der Waals surface area contributed by atoms with Gasteiger partial charge in [-0.2, -0.15) is 0 Å². The van der Waals surface area contributed by atoms with Gasteiger partial charge in [-0.1, -0.05) is 181 Å². The maximum absolute atomic E-state index is 12.5. The molecule has 48 heavy (non-hydrogen) atoms. The minimum absolute atomic E-state index is 0.0893. The Morgan fingerprint density at radius 3 is 1.29 bits per heavy atom. The van der Waals surface area contributed by atoms with Gasteiger partial charge in [-0.15, -0.1) is 0 Å². The Morgan fingerprint density at radius 2 is 0.812 bits per heavy atom.